The van der Waals surface area contributed by atoms with Crippen LogP contribution in [0.25, 0.3) is 22.3 Å². The van der Waals surface area contributed by atoms with Gasteiger partial charge in [0.25, 0.3) is 5.91 Å². The standard InChI is InChI=1S/C41H46F4N10O3/c42-32-19-29-25(22-55(39(29)58)33-3-4-35(56)50-38(33)57)18-34(32)53-15-6-24(7-16-53)5-12-52-13-9-27(10-14-52)54-17-8-26(23-54)49-40-48-21-31(41(43,44)45)36(51-40)30-20-47-37-28(30)2-1-11-46-37/h1-2,11,18-21,24,26-27,33H,3-10,12-17,22-23H2,(H,46,47)(H,48,49,51)(H,50,56,57)/t26-,33?/m1/s1. The monoisotopic (exact) mass is 802 g/mol. The molecule has 1 unspecified atom stereocenters. The van der Waals surface area contributed by atoms with E-state index in [0.717, 1.165) is 90.5 Å². The van der Waals surface area contributed by atoms with Gasteiger partial charge in [-0.05, 0) is 100 Å². The van der Waals surface area contributed by atoms with Crippen LogP contribution in [0.1, 0.15) is 72.9 Å². The van der Waals surface area contributed by atoms with Crippen LogP contribution in [0.4, 0.5) is 29.2 Å². The number of benzene rings is 1. The average Bonchev–Trinajstić information content (AvgIpc) is 3.94. The van der Waals surface area contributed by atoms with Crippen molar-refractivity contribution in [1.29, 1.82) is 0 Å². The minimum Gasteiger partial charge on any atom is -0.369 e. The second kappa shape index (κ2) is 15.5. The van der Waals surface area contributed by atoms with Gasteiger partial charge in [0.05, 0.1) is 11.4 Å². The number of nitrogens with zero attached hydrogens (tertiary/aromatic N) is 7. The Morgan fingerprint density at radius 1 is 0.931 bits per heavy atom. The maximum Gasteiger partial charge on any atom is 0.419 e. The molecule has 5 aliphatic rings. The van der Waals surface area contributed by atoms with Crippen molar-refractivity contribution in [2.75, 3.05) is 56.0 Å². The number of aromatic nitrogens is 4. The number of rotatable bonds is 9. The lowest BCUT2D eigenvalue weighted by Crippen LogP contribution is -2.52. The Hall–Kier alpha value is -5.16. The maximum absolute atomic E-state index is 15.4. The van der Waals surface area contributed by atoms with E-state index in [9.17, 15) is 27.6 Å². The molecule has 17 heteroatoms. The van der Waals surface area contributed by atoms with E-state index in [1.807, 2.05) is 0 Å². The van der Waals surface area contributed by atoms with Crippen LogP contribution in [0.5, 0.6) is 0 Å². The van der Waals surface area contributed by atoms with Gasteiger partial charge in [-0.15, -0.1) is 0 Å². The van der Waals surface area contributed by atoms with Crippen molar-refractivity contribution in [3.63, 3.8) is 0 Å². The zero-order valence-corrected chi connectivity index (χ0v) is 32.0. The fourth-order valence-electron chi connectivity index (χ4n) is 9.59. The fraction of sp³-hybridized carbons (Fsp3) is 0.512. The van der Waals surface area contributed by atoms with Crippen molar-refractivity contribution in [2.24, 2.45) is 5.92 Å². The second-order valence-corrected chi connectivity index (χ2v) is 16.3. The Kier molecular flexibility index (Phi) is 10.3. The van der Waals surface area contributed by atoms with Crippen molar-refractivity contribution >= 4 is 40.4 Å². The number of hydrogen-bond donors (Lipinski definition) is 3. The van der Waals surface area contributed by atoms with E-state index in [2.05, 4.69) is 45.3 Å². The topological polar surface area (TPSA) is 143 Å². The summed E-state index contributed by atoms with van der Waals surface area (Å²) >= 11 is 0. The zero-order chi connectivity index (χ0) is 40.1. The molecule has 58 heavy (non-hydrogen) atoms. The lowest BCUT2D eigenvalue weighted by molar-refractivity contribution is -0.138. The first-order valence-electron chi connectivity index (χ1n) is 20.3. The summed E-state index contributed by atoms with van der Waals surface area (Å²) in [5, 5.41) is 6.19. The number of H-pyrrole nitrogens is 1. The summed E-state index contributed by atoms with van der Waals surface area (Å²) in [6.45, 7) is 6.41. The van der Waals surface area contributed by atoms with Crippen LogP contribution in [0, 0.1) is 11.7 Å². The van der Waals surface area contributed by atoms with Gasteiger partial charge < -0.3 is 25.0 Å². The minimum atomic E-state index is -4.61. The summed E-state index contributed by atoms with van der Waals surface area (Å²) in [6.07, 6.45) is 5.75. The molecule has 0 radical (unpaired) electrons. The number of likely N-dealkylation sites (tertiary alicyclic amines) is 2. The van der Waals surface area contributed by atoms with Crippen LogP contribution < -0.4 is 15.5 Å². The molecule has 3 N–H and O–H groups in total. The van der Waals surface area contributed by atoms with Crippen molar-refractivity contribution in [3.05, 3.63) is 65.4 Å². The van der Waals surface area contributed by atoms with Crippen molar-refractivity contribution < 1.29 is 31.9 Å². The third-order valence-corrected chi connectivity index (χ3v) is 12.8. The third kappa shape index (κ3) is 7.61. The van der Waals surface area contributed by atoms with Crippen LogP contribution in [-0.2, 0) is 22.3 Å². The molecule has 2 atom stereocenters. The highest BCUT2D eigenvalue weighted by molar-refractivity contribution is 6.05. The summed E-state index contributed by atoms with van der Waals surface area (Å²) in [7, 11) is 0. The molecule has 0 bridgehead atoms. The van der Waals surface area contributed by atoms with Gasteiger partial charge in [-0.2, -0.15) is 13.2 Å². The number of hydrogen-bond acceptors (Lipinski definition) is 10. The maximum atomic E-state index is 15.4. The van der Waals surface area contributed by atoms with E-state index in [1.165, 1.54) is 17.2 Å². The molecule has 4 saturated heterocycles. The largest absolute Gasteiger partial charge is 0.419 e. The molecule has 0 spiro atoms. The van der Waals surface area contributed by atoms with E-state index in [0.29, 0.717) is 39.8 Å². The number of piperidine rings is 3. The van der Waals surface area contributed by atoms with Crippen LogP contribution in [0.15, 0.2) is 42.9 Å². The number of imide groups is 1. The number of fused-ring (bicyclic) bond motifs is 2. The molecule has 8 heterocycles. The number of pyridine rings is 1. The zero-order valence-electron chi connectivity index (χ0n) is 32.0. The molecule has 0 aliphatic carbocycles. The lowest BCUT2D eigenvalue weighted by Gasteiger charge is -2.38. The Labute approximate surface area is 332 Å². The number of carbonyl (C=O) groups is 3. The quantitative estimate of drug-likeness (QED) is 0.153. The van der Waals surface area contributed by atoms with Gasteiger partial charge in [-0.1, -0.05) is 0 Å². The number of anilines is 2. The molecular formula is C41H46F4N10O3. The summed E-state index contributed by atoms with van der Waals surface area (Å²) in [5.74, 6) is -0.903. The third-order valence-electron chi connectivity index (χ3n) is 12.8. The molecule has 0 saturated carbocycles. The van der Waals surface area contributed by atoms with E-state index >= 15 is 4.39 Å². The van der Waals surface area contributed by atoms with E-state index in [4.69, 9.17) is 0 Å². The summed E-state index contributed by atoms with van der Waals surface area (Å²) in [6, 6.07) is 6.22. The molecule has 5 aliphatic heterocycles. The highest BCUT2D eigenvalue weighted by atomic mass is 19.4. The predicted octanol–water partition coefficient (Wildman–Crippen LogP) is 5.20. The second-order valence-electron chi connectivity index (χ2n) is 16.3. The molecule has 13 nitrogen and oxygen atoms in total. The average molecular weight is 803 g/mol. The van der Waals surface area contributed by atoms with E-state index in [1.54, 1.807) is 24.4 Å². The minimum absolute atomic E-state index is 0.0263. The predicted molar refractivity (Wildman–Crippen MR) is 207 cm³/mol. The molecular weight excluding hydrogens is 757 g/mol. The molecule has 1 aromatic carbocycles. The molecule has 306 valence electrons. The van der Waals surface area contributed by atoms with Gasteiger partial charge in [0.1, 0.15) is 23.1 Å². The number of nitrogens with one attached hydrogen (secondary N) is 3. The highest BCUT2D eigenvalue weighted by Crippen LogP contribution is 2.39. The number of halogens is 4. The Morgan fingerprint density at radius 2 is 1.74 bits per heavy atom. The summed E-state index contributed by atoms with van der Waals surface area (Å²) < 4.78 is 57.5. The van der Waals surface area contributed by atoms with Crippen LogP contribution in [-0.4, -0.2) is 116 Å². The van der Waals surface area contributed by atoms with Gasteiger partial charge in [0, 0.05) is 86.3 Å². The van der Waals surface area contributed by atoms with Gasteiger partial charge >= 0.3 is 6.18 Å². The number of aromatic amines is 1. The first-order valence-corrected chi connectivity index (χ1v) is 20.3. The van der Waals surface area contributed by atoms with Crippen LogP contribution in [0.3, 0.4) is 0 Å². The molecule has 9 rings (SSSR count). The first-order chi connectivity index (χ1) is 28.0. The van der Waals surface area contributed by atoms with E-state index in [-0.39, 0.29) is 54.4 Å². The number of alkyl halides is 3. The first kappa shape index (κ1) is 38.4. The summed E-state index contributed by atoms with van der Waals surface area (Å²) in [4.78, 5) is 61.3. The molecule has 3 amide bonds. The fourth-order valence-corrected chi connectivity index (χ4v) is 9.59. The van der Waals surface area contributed by atoms with Gasteiger partial charge in [-0.25, -0.2) is 19.3 Å². The number of carbonyl (C=O) groups excluding carboxylic acids is 3. The Bertz CT molecular complexity index is 2220. The molecule has 4 aromatic rings. The molecule has 3 aromatic heterocycles. The van der Waals surface area contributed by atoms with Gasteiger partial charge in [0.15, 0.2) is 0 Å². The van der Waals surface area contributed by atoms with E-state index < -0.39 is 29.5 Å². The Morgan fingerprint density at radius 3 is 2.52 bits per heavy atom. The smallest absolute Gasteiger partial charge is 0.369 e. The molecule has 4 fully saturated rings. The van der Waals surface area contributed by atoms with Crippen LogP contribution >= 0.6 is 0 Å². The summed E-state index contributed by atoms with van der Waals surface area (Å²) in [5.41, 5.74) is 1.25. The highest BCUT2D eigenvalue weighted by Gasteiger charge is 2.41. The van der Waals surface area contributed by atoms with Crippen molar-refractivity contribution in [2.45, 2.75) is 82.2 Å². The van der Waals surface area contributed by atoms with Crippen molar-refractivity contribution in [3.8, 4) is 11.3 Å². The SMILES string of the molecule is O=C1CCC(N2Cc3cc(N4CCC(CCN5CCC(N6CC[C@@H](Nc7ncc(C(F)(F)F)c(-c8c[nH]c9ncccc89)n7)C6)CC5)CC4)c(F)cc3C2=O)C(=O)N1. The van der Waals surface area contributed by atoms with Crippen LogP contribution in [0.2, 0.25) is 0 Å². The van der Waals surface area contributed by atoms with Gasteiger partial charge in [-0.3, -0.25) is 24.6 Å². The van der Waals surface area contributed by atoms with Crippen molar-refractivity contribution in [1.82, 2.24) is 40.0 Å². The lowest BCUT2D eigenvalue weighted by atomic mass is 9.92. The normalized spacial score (nSPS) is 22.9. The number of amides is 3. The Balaban J connectivity index is 0.730. The van der Waals surface area contributed by atoms with Gasteiger partial charge in [0.2, 0.25) is 17.8 Å².